The molecule has 4 nitrogen and oxygen atoms in total. The van der Waals surface area contributed by atoms with E-state index >= 15 is 0 Å². The first kappa shape index (κ1) is 11.7. The SMILES string of the molecule is Cc1cc2c(cc1NCc1cccc(N)c1)OCO2. The lowest BCUT2D eigenvalue weighted by atomic mass is 10.1. The van der Waals surface area contributed by atoms with Gasteiger partial charge in [-0.25, -0.2) is 0 Å². The van der Waals surface area contributed by atoms with Gasteiger partial charge < -0.3 is 20.5 Å². The zero-order valence-corrected chi connectivity index (χ0v) is 10.8. The smallest absolute Gasteiger partial charge is 0.231 e. The first-order valence-electron chi connectivity index (χ1n) is 6.21. The van der Waals surface area contributed by atoms with Crippen molar-refractivity contribution < 1.29 is 9.47 Å². The number of anilines is 2. The van der Waals surface area contributed by atoms with Gasteiger partial charge >= 0.3 is 0 Å². The first-order valence-corrected chi connectivity index (χ1v) is 6.21. The number of nitrogen functional groups attached to an aromatic ring is 1. The van der Waals surface area contributed by atoms with Gasteiger partial charge in [-0.2, -0.15) is 0 Å². The number of fused-ring (bicyclic) bond motifs is 1. The Hall–Kier alpha value is -2.36. The highest BCUT2D eigenvalue weighted by molar-refractivity contribution is 5.61. The first-order chi connectivity index (χ1) is 9.22. The molecule has 0 radical (unpaired) electrons. The fourth-order valence-corrected chi connectivity index (χ4v) is 2.13. The quantitative estimate of drug-likeness (QED) is 0.829. The topological polar surface area (TPSA) is 56.5 Å². The molecule has 0 aromatic heterocycles. The van der Waals surface area contributed by atoms with E-state index < -0.39 is 0 Å². The minimum absolute atomic E-state index is 0.299. The van der Waals surface area contributed by atoms with Crippen molar-refractivity contribution in [2.45, 2.75) is 13.5 Å². The molecule has 4 heteroatoms. The van der Waals surface area contributed by atoms with Crippen LogP contribution >= 0.6 is 0 Å². The van der Waals surface area contributed by atoms with Crippen LogP contribution in [0.1, 0.15) is 11.1 Å². The van der Waals surface area contributed by atoms with Gasteiger partial charge in [0.05, 0.1) is 0 Å². The van der Waals surface area contributed by atoms with Crippen LogP contribution in [0.5, 0.6) is 11.5 Å². The van der Waals surface area contributed by atoms with Gasteiger partial charge in [0.15, 0.2) is 11.5 Å². The molecule has 0 amide bonds. The molecule has 3 N–H and O–H groups in total. The Kier molecular flexibility index (Phi) is 2.91. The number of nitrogens with one attached hydrogen (secondary N) is 1. The van der Waals surface area contributed by atoms with Gasteiger partial charge in [0, 0.05) is 24.0 Å². The number of hydrogen-bond acceptors (Lipinski definition) is 4. The van der Waals surface area contributed by atoms with Crippen LogP contribution in [0.15, 0.2) is 36.4 Å². The maximum Gasteiger partial charge on any atom is 0.231 e. The molecule has 0 bridgehead atoms. The Morgan fingerprint density at radius 2 is 1.95 bits per heavy atom. The third-order valence-electron chi connectivity index (χ3n) is 3.15. The average molecular weight is 256 g/mol. The van der Waals surface area contributed by atoms with Crippen LogP contribution in [0.2, 0.25) is 0 Å². The summed E-state index contributed by atoms with van der Waals surface area (Å²) in [4.78, 5) is 0. The second-order valence-electron chi connectivity index (χ2n) is 4.62. The number of rotatable bonds is 3. The summed E-state index contributed by atoms with van der Waals surface area (Å²) in [6, 6.07) is 11.8. The van der Waals surface area contributed by atoms with Crippen LogP contribution in [0.25, 0.3) is 0 Å². The van der Waals surface area contributed by atoms with E-state index in [1.54, 1.807) is 0 Å². The largest absolute Gasteiger partial charge is 0.454 e. The van der Waals surface area contributed by atoms with E-state index in [2.05, 4.69) is 5.32 Å². The van der Waals surface area contributed by atoms with Gasteiger partial charge in [-0.05, 0) is 36.2 Å². The lowest BCUT2D eigenvalue weighted by Crippen LogP contribution is -2.01. The zero-order valence-electron chi connectivity index (χ0n) is 10.8. The summed E-state index contributed by atoms with van der Waals surface area (Å²) in [5.41, 5.74) is 9.88. The van der Waals surface area contributed by atoms with E-state index in [9.17, 15) is 0 Å². The Morgan fingerprint density at radius 3 is 2.74 bits per heavy atom. The molecule has 0 aliphatic carbocycles. The Bertz CT molecular complexity index is 611. The monoisotopic (exact) mass is 256 g/mol. The fraction of sp³-hybridized carbons (Fsp3) is 0.200. The third-order valence-corrected chi connectivity index (χ3v) is 3.15. The molecule has 0 unspecified atom stereocenters. The lowest BCUT2D eigenvalue weighted by molar-refractivity contribution is 0.174. The Balaban J connectivity index is 1.77. The van der Waals surface area contributed by atoms with E-state index in [0.29, 0.717) is 6.79 Å². The summed E-state index contributed by atoms with van der Waals surface area (Å²) in [6.07, 6.45) is 0. The van der Waals surface area contributed by atoms with Crippen molar-refractivity contribution in [2.75, 3.05) is 17.8 Å². The predicted molar refractivity (Wildman–Crippen MR) is 75.5 cm³/mol. The second-order valence-corrected chi connectivity index (χ2v) is 4.62. The minimum atomic E-state index is 0.299. The normalized spacial score (nSPS) is 12.5. The molecule has 0 fully saturated rings. The lowest BCUT2D eigenvalue weighted by Gasteiger charge is -2.11. The molecular weight excluding hydrogens is 240 g/mol. The highest BCUT2D eigenvalue weighted by Crippen LogP contribution is 2.36. The molecule has 1 aliphatic heterocycles. The van der Waals surface area contributed by atoms with Crippen molar-refractivity contribution in [3.63, 3.8) is 0 Å². The van der Waals surface area contributed by atoms with Gasteiger partial charge in [-0.1, -0.05) is 12.1 Å². The van der Waals surface area contributed by atoms with Gasteiger partial charge in [-0.3, -0.25) is 0 Å². The number of nitrogens with two attached hydrogens (primary N) is 1. The molecule has 1 aliphatic rings. The molecule has 2 aromatic rings. The Labute approximate surface area is 112 Å². The van der Waals surface area contributed by atoms with E-state index in [1.165, 1.54) is 0 Å². The molecule has 0 saturated heterocycles. The summed E-state index contributed by atoms with van der Waals surface area (Å²) in [5, 5.41) is 3.40. The number of benzene rings is 2. The van der Waals surface area contributed by atoms with Crippen molar-refractivity contribution in [3.05, 3.63) is 47.5 Å². The maximum absolute atomic E-state index is 5.77. The third kappa shape index (κ3) is 2.42. The van der Waals surface area contributed by atoms with Crippen molar-refractivity contribution in [1.82, 2.24) is 0 Å². The fourth-order valence-electron chi connectivity index (χ4n) is 2.13. The van der Waals surface area contributed by atoms with Crippen LogP contribution in [-0.2, 0) is 6.54 Å². The second kappa shape index (κ2) is 4.72. The minimum Gasteiger partial charge on any atom is -0.454 e. The molecule has 0 saturated carbocycles. The standard InChI is InChI=1S/C15H16N2O2/c1-10-5-14-15(19-9-18-14)7-13(10)17-8-11-3-2-4-12(16)6-11/h2-7,17H,8-9,16H2,1H3. The van der Waals surface area contributed by atoms with Crippen LogP contribution in [0.4, 0.5) is 11.4 Å². The summed E-state index contributed by atoms with van der Waals surface area (Å²) in [5.74, 6) is 1.60. The number of ether oxygens (including phenoxy) is 2. The highest BCUT2D eigenvalue weighted by Gasteiger charge is 2.15. The van der Waals surface area contributed by atoms with Crippen molar-refractivity contribution in [1.29, 1.82) is 0 Å². The molecule has 2 aromatic carbocycles. The zero-order chi connectivity index (χ0) is 13.2. The Morgan fingerprint density at radius 1 is 1.16 bits per heavy atom. The van der Waals surface area contributed by atoms with Crippen molar-refractivity contribution in [2.24, 2.45) is 0 Å². The number of hydrogen-bond donors (Lipinski definition) is 2. The van der Waals surface area contributed by atoms with Crippen LogP contribution in [0.3, 0.4) is 0 Å². The number of aryl methyl sites for hydroxylation is 1. The molecule has 1 heterocycles. The van der Waals surface area contributed by atoms with Crippen LogP contribution < -0.4 is 20.5 Å². The molecule has 19 heavy (non-hydrogen) atoms. The average Bonchev–Trinajstić information content (AvgIpc) is 2.83. The molecule has 0 spiro atoms. The van der Waals surface area contributed by atoms with E-state index in [1.807, 2.05) is 43.3 Å². The van der Waals surface area contributed by atoms with Crippen LogP contribution in [-0.4, -0.2) is 6.79 Å². The highest BCUT2D eigenvalue weighted by atomic mass is 16.7. The van der Waals surface area contributed by atoms with E-state index in [0.717, 1.165) is 40.5 Å². The van der Waals surface area contributed by atoms with Gasteiger partial charge in [0.2, 0.25) is 6.79 Å². The van der Waals surface area contributed by atoms with Crippen molar-refractivity contribution in [3.8, 4) is 11.5 Å². The molecular formula is C15H16N2O2. The molecule has 3 rings (SSSR count). The van der Waals surface area contributed by atoms with Crippen LogP contribution in [0, 0.1) is 6.92 Å². The summed E-state index contributed by atoms with van der Waals surface area (Å²) in [7, 11) is 0. The van der Waals surface area contributed by atoms with E-state index in [4.69, 9.17) is 15.2 Å². The van der Waals surface area contributed by atoms with Crippen molar-refractivity contribution >= 4 is 11.4 Å². The molecule has 0 atom stereocenters. The summed E-state index contributed by atoms with van der Waals surface area (Å²) >= 11 is 0. The maximum atomic E-state index is 5.77. The summed E-state index contributed by atoms with van der Waals surface area (Å²) in [6.45, 7) is 3.07. The predicted octanol–water partition coefficient (Wildman–Crippen LogP) is 2.92. The van der Waals surface area contributed by atoms with E-state index in [-0.39, 0.29) is 0 Å². The van der Waals surface area contributed by atoms with Gasteiger partial charge in [0.1, 0.15) is 0 Å². The molecule has 98 valence electrons. The van der Waals surface area contributed by atoms with Gasteiger partial charge in [-0.15, -0.1) is 0 Å². The van der Waals surface area contributed by atoms with Gasteiger partial charge in [0.25, 0.3) is 0 Å². The summed E-state index contributed by atoms with van der Waals surface area (Å²) < 4.78 is 10.7.